The quantitative estimate of drug-likeness (QED) is 0.619. The van der Waals surface area contributed by atoms with Gasteiger partial charge in [-0.2, -0.15) is 0 Å². The van der Waals surface area contributed by atoms with E-state index in [4.69, 9.17) is 28.9 Å². The highest BCUT2D eigenvalue weighted by Gasteiger charge is 2.27. The van der Waals surface area contributed by atoms with Gasteiger partial charge >= 0.3 is 0 Å². The first kappa shape index (κ1) is 20.4. The van der Waals surface area contributed by atoms with E-state index in [-0.39, 0.29) is 5.03 Å². The van der Waals surface area contributed by atoms with Crippen molar-refractivity contribution in [3.05, 3.63) is 65.0 Å². The highest BCUT2D eigenvalue weighted by atomic mass is 35.5. The number of hydrogen-bond acceptors (Lipinski definition) is 2. The lowest BCUT2D eigenvalue weighted by atomic mass is 9.93. The second-order valence-corrected chi connectivity index (χ2v) is 6.20. The van der Waals surface area contributed by atoms with Gasteiger partial charge in [0, 0.05) is 21.7 Å². The summed E-state index contributed by atoms with van der Waals surface area (Å²) in [5.74, 6) is -1.66. The molecule has 6 heteroatoms. The molecule has 0 fully saturated rings. The molecule has 130 valence electrons. The molecule has 1 aromatic carbocycles. The Morgan fingerprint density at radius 2 is 2.21 bits per heavy atom. The number of carbonyl (C=O) groups excluding carboxylic acids is 1. The number of nitrogens with one attached hydrogen (secondary N) is 1. The summed E-state index contributed by atoms with van der Waals surface area (Å²) in [4.78, 5) is 12.3. The zero-order valence-corrected chi connectivity index (χ0v) is 14.9. The summed E-state index contributed by atoms with van der Waals surface area (Å²) in [5.41, 5.74) is 6.49. The van der Waals surface area contributed by atoms with E-state index in [0.717, 1.165) is 0 Å². The van der Waals surface area contributed by atoms with Crippen molar-refractivity contribution in [1.29, 1.82) is 0 Å². The van der Waals surface area contributed by atoms with Gasteiger partial charge < -0.3 is 11.1 Å². The molecule has 3 nitrogen and oxygen atoms in total. The maximum atomic E-state index is 14.4. The molecule has 1 aromatic rings. The van der Waals surface area contributed by atoms with E-state index in [2.05, 4.69) is 11.9 Å². The van der Waals surface area contributed by atoms with Gasteiger partial charge in [-0.1, -0.05) is 55.3 Å². The number of rotatable bonds is 8. The Labute approximate surface area is 152 Å². The van der Waals surface area contributed by atoms with Gasteiger partial charge in [0.25, 0.3) is 0 Å². The highest BCUT2D eigenvalue weighted by molar-refractivity contribution is 6.31. The fourth-order valence-electron chi connectivity index (χ4n) is 2.14. The van der Waals surface area contributed by atoms with Gasteiger partial charge in [0.2, 0.25) is 5.91 Å². The molecule has 0 heterocycles. The van der Waals surface area contributed by atoms with Crippen molar-refractivity contribution in [2.75, 3.05) is 5.32 Å². The fraction of sp³-hybridized carbons (Fsp3) is 0.278. The van der Waals surface area contributed by atoms with Crippen LogP contribution in [0.4, 0.5) is 10.1 Å². The molecule has 0 radical (unpaired) electrons. The van der Waals surface area contributed by atoms with E-state index in [1.807, 2.05) is 6.92 Å². The maximum Gasteiger partial charge on any atom is 0.242 e. The van der Waals surface area contributed by atoms with Gasteiger partial charge in [-0.3, -0.25) is 4.79 Å². The van der Waals surface area contributed by atoms with Crippen LogP contribution in [-0.2, 0) is 4.79 Å². The monoisotopic (exact) mass is 370 g/mol. The normalized spacial score (nSPS) is 14.5. The van der Waals surface area contributed by atoms with E-state index >= 15 is 0 Å². The van der Waals surface area contributed by atoms with Crippen LogP contribution in [0.3, 0.4) is 0 Å². The van der Waals surface area contributed by atoms with E-state index < -0.39 is 23.7 Å². The van der Waals surface area contributed by atoms with Gasteiger partial charge in [0.1, 0.15) is 5.83 Å². The number of hydrogen-bond donors (Lipinski definition) is 2. The number of anilines is 1. The Balaban J connectivity index is 2.86. The average Bonchev–Trinajstić information content (AvgIpc) is 2.51. The van der Waals surface area contributed by atoms with Crippen LogP contribution in [0.15, 0.2) is 59.9 Å². The molecular formula is C18H21Cl2FN2O. The molecule has 1 rings (SSSR count). The first-order chi connectivity index (χ1) is 11.3. The van der Waals surface area contributed by atoms with Crippen LogP contribution in [0.5, 0.6) is 0 Å². The highest BCUT2D eigenvalue weighted by Crippen LogP contribution is 2.23. The number of amides is 1. The Kier molecular flexibility index (Phi) is 8.76. The first-order valence-electron chi connectivity index (χ1n) is 7.55. The van der Waals surface area contributed by atoms with Crippen molar-refractivity contribution in [2.45, 2.75) is 25.8 Å². The number of halogens is 3. The molecule has 0 aliphatic rings. The summed E-state index contributed by atoms with van der Waals surface area (Å²) in [6, 6.07) is 5.66. The zero-order valence-electron chi connectivity index (χ0n) is 13.4. The van der Waals surface area contributed by atoms with Crippen LogP contribution in [0.2, 0.25) is 5.02 Å². The van der Waals surface area contributed by atoms with Gasteiger partial charge in [0.05, 0.1) is 6.04 Å². The molecule has 2 atom stereocenters. The SMILES string of the molecule is C=C(Cl)/C=C\C=C(/F)C(CCC)C(N)C(=O)Nc1cccc(Cl)c1. The molecule has 0 saturated heterocycles. The summed E-state index contributed by atoms with van der Waals surface area (Å²) < 4.78 is 14.4. The van der Waals surface area contributed by atoms with E-state index in [1.165, 1.54) is 18.2 Å². The van der Waals surface area contributed by atoms with Crippen LogP contribution in [-0.4, -0.2) is 11.9 Å². The lowest BCUT2D eigenvalue weighted by Gasteiger charge is -2.21. The Morgan fingerprint density at radius 3 is 2.79 bits per heavy atom. The molecule has 0 aliphatic carbocycles. The van der Waals surface area contributed by atoms with Crippen molar-refractivity contribution < 1.29 is 9.18 Å². The van der Waals surface area contributed by atoms with Crippen LogP contribution in [0.25, 0.3) is 0 Å². The van der Waals surface area contributed by atoms with Crippen molar-refractivity contribution in [3.63, 3.8) is 0 Å². The molecule has 0 bridgehead atoms. The fourth-order valence-corrected chi connectivity index (χ4v) is 2.41. The molecule has 0 aromatic heterocycles. The molecule has 0 aliphatic heterocycles. The molecular weight excluding hydrogens is 350 g/mol. The van der Waals surface area contributed by atoms with Crippen molar-refractivity contribution in [1.82, 2.24) is 0 Å². The Morgan fingerprint density at radius 1 is 1.50 bits per heavy atom. The summed E-state index contributed by atoms with van der Waals surface area (Å²) in [7, 11) is 0. The third-order valence-electron chi connectivity index (χ3n) is 3.31. The summed E-state index contributed by atoms with van der Waals surface area (Å²) in [5, 5.41) is 3.43. The maximum absolute atomic E-state index is 14.4. The zero-order chi connectivity index (χ0) is 18.1. The number of benzene rings is 1. The molecule has 1 amide bonds. The first-order valence-corrected chi connectivity index (χ1v) is 8.31. The lowest BCUT2D eigenvalue weighted by Crippen LogP contribution is -2.42. The van der Waals surface area contributed by atoms with E-state index in [0.29, 0.717) is 23.6 Å². The Hall–Kier alpha value is -1.62. The third kappa shape index (κ3) is 6.87. The molecule has 24 heavy (non-hydrogen) atoms. The van der Waals surface area contributed by atoms with Gasteiger partial charge in [-0.05, 0) is 36.8 Å². The van der Waals surface area contributed by atoms with Crippen molar-refractivity contribution >= 4 is 34.8 Å². The smallest absolute Gasteiger partial charge is 0.242 e. The van der Waals surface area contributed by atoms with Crippen molar-refractivity contribution in [3.8, 4) is 0 Å². The summed E-state index contributed by atoms with van der Waals surface area (Å²) in [6.45, 7) is 5.38. The van der Waals surface area contributed by atoms with Crippen molar-refractivity contribution in [2.24, 2.45) is 11.7 Å². The van der Waals surface area contributed by atoms with Gasteiger partial charge in [-0.25, -0.2) is 4.39 Å². The van der Waals surface area contributed by atoms with Gasteiger partial charge in [-0.15, -0.1) is 0 Å². The molecule has 0 spiro atoms. The van der Waals surface area contributed by atoms with Crippen LogP contribution >= 0.6 is 23.2 Å². The average molecular weight is 371 g/mol. The second kappa shape index (κ2) is 10.3. The van der Waals surface area contributed by atoms with E-state index in [9.17, 15) is 9.18 Å². The topological polar surface area (TPSA) is 55.1 Å². The lowest BCUT2D eigenvalue weighted by molar-refractivity contribution is -0.118. The van der Waals surface area contributed by atoms with Crippen LogP contribution < -0.4 is 11.1 Å². The minimum atomic E-state index is -1.02. The van der Waals surface area contributed by atoms with Crippen LogP contribution in [0, 0.1) is 5.92 Å². The minimum Gasteiger partial charge on any atom is -0.325 e. The predicted octanol–water partition coefficient (Wildman–Crippen LogP) is 5.18. The standard InChI is InChI=1S/C18H21Cl2FN2O/c1-3-6-15(16(21)10-4-7-12(2)19)17(22)18(24)23-14-9-5-8-13(20)11-14/h4-5,7-11,15,17H,2-3,6,22H2,1H3,(H,23,24)/b7-4-,16-10-. The largest absolute Gasteiger partial charge is 0.325 e. The molecule has 3 N–H and O–H groups in total. The number of nitrogens with two attached hydrogens (primary N) is 1. The number of carbonyl (C=O) groups is 1. The van der Waals surface area contributed by atoms with E-state index in [1.54, 1.807) is 24.3 Å². The third-order valence-corrected chi connectivity index (χ3v) is 3.68. The molecule has 2 unspecified atom stereocenters. The minimum absolute atomic E-state index is 0.286. The Bertz CT molecular complexity index is 644. The second-order valence-electron chi connectivity index (χ2n) is 5.28. The number of allylic oxidation sites excluding steroid dienone is 4. The molecule has 0 saturated carbocycles. The predicted molar refractivity (Wildman–Crippen MR) is 99.8 cm³/mol. The van der Waals surface area contributed by atoms with Crippen LogP contribution in [0.1, 0.15) is 19.8 Å². The summed E-state index contributed by atoms with van der Waals surface area (Å²) in [6.07, 6.45) is 5.29. The summed E-state index contributed by atoms with van der Waals surface area (Å²) >= 11 is 11.5. The van der Waals surface area contributed by atoms with Gasteiger partial charge in [0.15, 0.2) is 0 Å².